The summed E-state index contributed by atoms with van der Waals surface area (Å²) in [4.78, 5) is 0. The molecule has 14 heavy (non-hydrogen) atoms. The van der Waals surface area contributed by atoms with Gasteiger partial charge in [0.1, 0.15) is 0 Å². The van der Waals surface area contributed by atoms with E-state index in [9.17, 15) is 5.11 Å². The Kier molecular flexibility index (Phi) is 4.85. The van der Waals surface area contributed by atoms with Crippen molar-refractivity contribution in [1.82, 2.24) is 5.32 Å². The lowest BCUT2D eigenvalue weighted by molar-refractivity contribution is -0.0418. The Morgan fingerprint density at radius 3 is 2.86 bits per heavy atom. The summed E-state index contributed by atoms with van der Waals surface area (Å²) in [6.45, 7) is 6.08. The van der Waals surface area contributed by atoms with Gasteiger partial charge in [-0.25, -0.2) is 0 Å². The predicted molar refractivity (Wildman–Crippen MR) is 57.4 cm³/mol. The van der Waals surface area contributed by atoms with Gasteiger partial charge >= 0.3 is 0 Å². The normalized spacial score (nSPS) is 27.2. The highest BCUT2D eigenvalue weighted by molar-refractivity contribution is 4.73. The standard InChI is InChI=1S/C11H23NO2/c1-3-11(2,13)9-14-8-10-6-4-5-7-12-10/h10,12-13H,3-9H2,1-2H3. The number of ether oxygens (including phenoxy) is 1. The van der Waals surface area contributed by atoms with Crippen LogP contribution >= 0.6 is 0 Å². The third kappa shape index (κ3) is 4.40. The smallest absolute Gasteiger partial charge is 0.0849 e. The van der Waals surface area contributed by atoms with Crippen molar-refractivity contribution in [3.8, 4) is 0 Å². The van der Waals surface area contributed by atoms with Crippen LogP contribution in [0.15, 0.2) is 0 Å². The summed E-state index contributed by atoms with van der Waals surface area (Å²) in [5.74, 6) is 0. The molecule has 0 aromatic heterocycles. The molecule has 0 spiro atoms. The van der Waals surface area contributed by atoms with E-state index < -0.39 is 5.60 Å². The second-order valence-corrected chi connectivity index (χ2v) is 4.51. The van der Waals surface area contributed by atoms with Crippen molar-refractivity contribution in [1.29, 1.82) is 0 Å². The fourth-order valence-electron chi connectivity index (χ4n) is 1.59. The summed E-state index contributed by atoms with van der Waals surface area (Å²) in [6, 6.07) is 0.497. The Labute approximate surface area is 86.8 Å². The highest BCUT2D eigenvalue weighted by Gasteiger charge is 2.19. The monoisotopic (exact) mass is 201 g/mol. The van der Waals surface area contributed by atoms with Crippen LogP contribution in [-0.2, 0) is 4.74 Å². The van der Waals surface area contributed by atoms with Crippen LogP contribution in [0.4, 0.5) is 0 Å². The van der Waals surface area contributed by atoms with Gasteiger partial charge in [0.25, 0.3) is 0 Å². The minimum absolute atomic E-state index is 0.446. The van der Waals surface area contributed by atoms with Crippen LogP contribution in [0, 0.1) is 0 Å². The van der Waals surface area contributed by atoms with Gasteiger partial charge in [-0.3, -0.25) is 0 Å². The van der Waals surface area contributed by atoms with Crippen LogP contribution in [0.1, 0.15) is 39.5 Å². The lowest BCUT2D eigenvalue weighted by Crippen LogP contribution is -2.39. The fourth-order valence-corrected chi connectivity index (χ4v) is 1.59. The topological polar surface area (TPSA) is 41.5 Å². The molecule has 1 aliphatic heterocycles. The van der Waals surface area contributed by atoms with Crippen LogP contribution in [0.5, 0.6) is 0 Å². The molecular weight excluding hydrogens is 178 g/mol. The van der Waals surface area contributed by atoms with E-state index in [1.165, 1.54) is 19.3 Å². The molecule has 3 heteroatoms. The Morgan fingerprint density at radius 1 is 1.50 bits per heavy atom. The minimum atomic E-state index is -0.658. The summed E-state index contributed by atoms with van der Waals surface area (Å²) in [7, 11) is 0. The first-order chi connectivity index (χ1) is 6.64. The maximum atomic E-state index is 9.71. The molecule has 3 nitrogen and oxygen atoms in total. The van der Waals surface area contributed by atoms with E-state index in [4.69, 9.17) is 4.74 Å². The van der Waals surface area contributed by atoms with Crippen molar-refractivity contribution in [3.63, 3.8) is 0 Å². The zero-order valence-electron chi connectivity index (χ0n) is 9.38. The van der Waals surface area contributed by atoms with Crippen molar-refractivity contribution >= 4 is 0 Å². The van der Waals surface area contributed by atoms with Gasteiger partial charge < -0.3 is 15.2 Å². The highest BCUT2D eigenvalue weighted by atomic mass is 16.5. The molecule has 1 fully saturated rings. The number of hydrogen-bond donors (Lipinski definition) is 2. The molecule has 1 heterocycles. The fraction of sp³-hybridized carbons (Fsp3) is 1.00. The molecule has 1 saturated heterocycles. The minimum Gasteiger partial charge on any atom is -0.388 e. The van der Waals surface area contributed by atoms with E-state index in [0.717, 1.165) is 19.6 Å². The van der Waals surface area contributed by atoms with E-state index in [0.29, 0.717) is 12.6 Å². The zero-order valence-corrected chi connectivity index (χ0v) is 9.38. The lowest BCUT2D eigenvalue weighted by atomic mass is 10.0. The summed E-state index contributed by atoms with van der Waals surface area (Å²) in [5.41, 5.74) is -0.658. The second-order valence-electron chi connectivity index (χ2n) is 4.51. The molecular formula is C11H23NO2. The van der Waals surface area contributed by atoms with Crippen molar-refractivity contribution in [2.24, 2.45) is 0 Å². The molecule has 1 aliphatic rings. The van der Waals surface area contributed by atoms with Gasteiger partial charge in [-0.15, -0.1) is 0 Å². The van der Waals surface area contributed by atoms with E-state index in [1.54, 1.807) is 0 Å². The molecule has 2 unspecified atom stereocenters. The molecule has 2 N–H and O–H groups in total. The predicted octanol–water partition coefficient (Wildman–Crippen LogP) is 1.31. The van der Waals surface area contributed by atoms with E-state index >= 15 is 0 Å². The maximum absolute atomic E-state index is 9.71. The van der Waals surface area contributed by atoms with Crippen molar-refractivity contribution in [2.45, 2.75) is 51.2 Å². The quantitative estimate of drug-likeness (QED) is 0.704. The number of hydrogen-bond acceptors (Lipinski definition) is 3. The zero-order chi connectivity index (χ0) is 10.4. The Hall–Kier alpha value is -0.120. The van der Waals surface area contributed by atoms with E-state index in [2.05, 4.69) is 5.32 Å². The van der Waals surface area contributed by atoms with Crippen LogP contribution in [0.3, 0.4) is 0 Å². The molecule has 0 aromatic rings. The molecule has 0 amide bonds. The largest absolute Gasteiger partial charge is 0.388 e. The first-order valence-electron chi connectivity index (χ1n) is 5.67. The first-order valence-corrected chi connectivity index (χ1v) is 5.67. The number of piperidine rings is 1. The summed E-state index contributed by atoms with van der Waals surface area (Å²) in [5, 5.41) is 13.1. The second kappa shape index (κ2) is 5.69. The van der Waals surface area contributed by atoms with Crippen LogP contribution in [0.2, 0.25) is 0 Å². The molecule has 0 saturated carbocycles. The maximum Gasteiger partial charge on any atom is 0.0849 e. The molecule has 2 atom stereocenters. The SMILES string of the molecule is CCC(C)(O)COCC1CCCCN1. The van der Waals surface area contributed by atoms with E-state index in [-0.39, 0.29) is 0 Å². The average molecular weight is 201 g/mol. The Balaban J connectivity index is 2.08. The van der Waals surface area contributed by atoms with E-state index in [1.807, 2.05) is 13.8 Å². The molecule has 0 aliphatic carbocycles. The van der Waals surface area contributed by atoms with Gasteiger partial charge in [0.05, 0.1) is 18.8 Å². The van der Waals surface area contributed by atoms with Gasteiger partial charge in [0, 0.05) is 6.04 Å². The molecule has 0 radical (unpaired) electrons. The summed E-state index contributed by atoms with van der Waals surface area (Å²) >= 11 is 0. The lowest BCUT2D eigenvalue weighted by Gasteiger charge is -2.26. The van der Waals surface area contributed by atoms with Gasteiger partial charge in [-0.2, -0.15) is 0 Å². The third-order valence-corrected chi connectivity index (χ3v) is 2.91. The van der Waals surface area contributed by atoms with Crippen LogP contribution in [-0.4, -0.2) is 36.5 Å². The van der Waals surface area contributed by atoms with Gasteiger partial charge in [-0.05, 0) is 32.7 Å². The number of rotatable bonds is 5. The molecule has 1 rings (SSSR count). The first kappa shape index (κ1) is 12.0. The number of aliphatic hydroxyl groups is 1. The van der Waals surface area contributed by atoms with Crippen molar-refractivity contribution < 1.29 is 9.84 Å². The highest BCUT2D eigenvalue weighted by Crippen LogP contribution is 2.11. The van der Waals surface area contributed by atoms with Crippen LogP contribution in [0.25, 0.3) is 0 Å². The third-order valence-electron chi connectivity index (χ3n) is 2.91. The molecule has 0 bridgehead atoms. The summed E-state index contributed by atoms with van der Waals surface area (Å²) in [6.07, 6.45) is 4.52. The van der Waals surface area contributed by atoms with Gasteiger partial charge in [0.15, 0.2) is 0 Å². The van der Waals surface area contributed by atoms with Crippen LogP contribution < -0.4 is 5.32 Å². The van der Waals surface area contributed by atoms with Crippen molar-refractivity contribution in [3.05, 3.63) is 0 Å². The Morgan fingerprint density at radius 2 is 2.29 bits per heavy atom. The molecule has 0 aromatic carbocycles. The van der Waals surface area contributed by atoms with Crippen molar-refractivity contribution in [2.75, 3.05) is 19.8 Å². The Bertz CT molecular complexity index is 153. The summed E-state index contributed by atoms with van der Waals surface area (Å²) < 4.78 is 5.52. The van der Waals surface area contributed by atoms with Gasteiger partial charge in [-0.1, -0.05) is 13.3 Å². The molecule has 84 valence electrons. The average Bonchev–Trinajstić information content (AvgIpc) is 2.19. The van der Waals surface area contributed by atoms with Gasteiger partial charge in [0.2, 0.25) is 0 Å². The number of nitrogens with one attached hydrogen (secondary N) is 1.